The molecule has 1 N–H and O–H groups in total. The Balaban J connectivity index is 1.31. The van der Waals surface area contributed by atoms with Crippen LogP contribution >= 0.6 is 0 Å². The van der Waals surface area contributed by atoms with Crippen molar-refractivity contribution in [1.29, 1.82) is 10.0 Å². The van der Waals surface area contributed by atoms with Gasteiger partial charge < -0.3 is 14.7 Å². The number of piperazine rings is 1. The zero-order valence-corrected chi connectivity index (χ0v) is 27.4. The van der Waals surface area contributed by atoms with Crippen LogP contribution in [0.15, 0.2) is 47.4 Å². The second-order valence-electron chi connectivity index (χ2n) is 12.6. The van der Waals surface area contributed by atoms with Crippen LogP contribution in [0.4, 0.5) is 20.2 Å². The highest BCUT2D eigenvalue weighted by Gasteiger charge is 2.33. The van der Waals surface area contributed by atoms with Gasteiger partial charge in [-0.1, -0.05) is 12.1 Å². The van der Waals surface area contributed by atoms with Crippen LogP contribution in [0, 0.1) is 54.4 Å². The van der Waals surface area contributed by atoms with Gasteiger partial charge in [-0.2, -0.15) is 5.26 Å². The van der Waals surface area contributed by atoms with Gasteiger partial charge in [-0.05, 0) is 105 Å². The van der Waals surface area contributed by atoms with Crippen molar-refractivity contribution in [3.8, 4) is 6.07 Å². The lowest BCUT2D eigenvalue weighted by Gasteiger charge is -2.42. The maximum absolute atomic E-state index is 14.7. The van der Waals surface area contributed by atoms with Gasteiger partial charge in [0.2, 0.25) is 0 Å². The Morgan fingerprint density at radius 3 is 2.36 bits per heavy atom. The summed E-state index contributed by atoms with van der Waals surface area (Å²) in [6.07, 6.45) is 3.96. The van der Waals surface area contributed by atoms with Gasteiger partial charge in [0.15, 0.2) is 0 Å². The zero-order valence-electron chi connectivity index (χ0n) is 26.6. The predicted octanol–water partition coefficient (Wildman–Crippen LogP) is 6.61. The Kier molecular flexibility index (Phi) is 9.22. The summed E-state index contributed by atoms with van der Waals surface area (Å²) in [5, 5.41) is 9.49. The molecule has 2 aliphatic rings. The summed E-state index contributed by atoms with van der Waals surface area (Å²) in [7, 11) is -3.28. The number of hydrogen-bond acceptors (Lipinski definition) is 6. The first-order chi connectivity index (χ1) is 21.3. The quantitative estimate of drug-likeness (QED) is 0.330. The lowest BCUT2D eigenvalue weighted by Crippen LogP contribution is -2.54. The molecule has 0 radical (unpaired) electrons. The van der Waals surface area contributed by atoms with Crippen LogP contribution in [0.1, 0.15) is 57.9 Å². The van der Waals surface area contributed by atoms with Crippen molar-refractivity contribution < 1.29 is 17.8 Å². The molecule has 7 nitrogen and oxygen atoms in total. The van der Waals surface area contributed by atoms with Crippen LogP contribution in [0.3, 0.4) is 0 Å². The number of rotatable bonds is 6. The van der Waals surface area contributed by atoms with Crippen LogP contribution in [-0.4, -0.2) is 60.0 Å². The monoisotopic (exact) mass is 633 g/mol. The van der Waals surface area contributed by atoms with E-state index in [-0.39, 0.29) is 16.8 Å². The summed E-state index contributed by atoms with van der Waals surface area (Å²) in [6, 6.07) is 12.9. The average Bonchev–Trinajstić information content (AvgIpc) is 2.98. The Bertz CT molecular complexity index is 1780. The van der Waals surface area contributed by atoms with E-state index >= 15 is 0 Å². The van der Waals surface area contributed by atoms with Gasteiger partial charge in [0.05, 0.1) is 26.7 Å². The van der Waals surface area contributed by atoms with Crippen molar-refractivity contribution in [2.45, 2.75) is 57.9 Å². The molecule has 2 fully saturated rings. The standard InChI is InChI=1S/C35H41F2N5O2S/c1-22-17-23(2)33(25(4)29(22)18-26-11-13-40(14-12-26)31-10-9-28(36)19-27(31)20-38)35(43)42-16-15-41(21-24(42)3)32-8-6-7-30(37)34(32)45(5,39)44/h6-10,17,19,24,26,39H,11-16,18,21H2,1-5H3/t24-,45-/m0/s1. The molecule has 5 rings (SSSR count). The lowest BCUT2D eigenvalue weighted by molar-refractivity contribution is 0.0672. The van der Waals surface area contributed by atoms with Gasteiger partial charge >= 0.3 is 0 Å². The highest BCUT2D eigenvalue weighted by atomic mass is 32.2. The maximum Gasteiger partial charge on any atom is 0.254 e. The second kappa shape index (κ2) is 12.8. The highest BCUT2D eigenvalue weighted by molar-refractivity contribution is 7.91. The second-order valence-corrected chi connectivity index (χ2v) is 14.7. The third kappa shape index (κ3) is 6.55. The van der Waals surface area contributed by atoms with Crippen molar-refractivity contribution in [1.82, 2.24) is 4.90 Å². The minimum absolute atomic E-state index is 0.0205. The minimum atomic E-state index is -3.28. The van der Waals surface area contributed by atoms with E-state index in [1.165, 1.54) is 35.6 Å². The number of nitriles is 1. The van der Waals surface area contributed by atoms with Crippen molar-refractivity contribution in [3.63, 3.8) is 0 Å². The summed E-state index contributed by atoms with van der Waals surface area (Å²) >= 11 is 0. The molecule has 0 bridgehead atoms. The molecule has 238 valence electrons. The molecule has 2 saturated heterocycles. The number of carbonyl (C=O) groups excluding carboxylic acids is 1. The van der Waals surface area contributed by atoms with Gasteiger partial charge in [-0.25, -0.2) is 17.8 Å². The van der Waals surface area contributed by atoms with Gasteiger partial charge in [-0.15, -0.1) is 0 Å². The molecule has 10 heteroatoms. The number of nitrogens with one attached hydrogen (secondary N) is 1. The Labute approximate surface area is 265 Å². The molecular weight excluding hydrogens is 592 g/mol. The number of piperidine rings is 1. The minimum Gasteiger partial charge on any atom is -0.370 e. The van der Waals surface area contributed by atoms with E-state index in [0.29, 0.717) is 36.8 Å². The Hall–Kier alpha value is -3.97. The van der Waals surface area contributed by atoms with Crippen LogP contribution in [0.2, 0.25) is 0 Å². The van der Waals surface area contributed by atoms with Crippen molar-refractivity contribution in [2.75, 3.05) is 48.8 Å². The number of anilines is 2. The third-order valence-electron chi connectivity index (χ3n) is 9.44. The zero-order chi connectivity index (χ0) is 32.6. The molecule has 2 heterocycles. The summed E-state index contributed by atoms with van der Waals surface area (Å²) in [5.74, 6) is -0.653. The first kappa shape index (κ1) is 32.4. The fraction of sp³-hybridized carbons (Fsp3) is 0.429. The van der Waals surface area contributed by atoms with Crippen molar-refractivity contribution >= 4 is 27.0 Å². The average molecular weight is 634 g/mol. The van der Waals surface area contributed by atoms with E-state index in [1.807, 2.05) is 30.6 Å². The van der Waals surface area contributed by atoms with Gasteiger partial charge in [0.1, 0.15) is 22.6 Å². The topological polar surface area (TPSA) is 91.5 Å². The summed E-state index contributed by atoms with van der Waals surface area (Å²) in [6.45, 7) is 11.0. The number of carbonyl (C=O) groups is 1. The Morgan fingerprint density at radius 2 is 1.71 bits per heavy atom. The van der Waals surface area contributed by atoms with E-state index < -0.39 is 21.4 Å². The smallest absolute Gasteiger partial charge is 0.254 e. The lowest BCUT2D eigenvalue weighted by atomic mass is 9.83. The normalized spacial score (nSPS) is 18.9. The van der Waals surface area contributed by atoms with E-state index in [4.69, 9.17) is 4.78 Å². The summed E-state index contributed by atoms with van der Waals surface area (Å²) < 4.78 is 49.0. The van der Waals surface area contributed by atoms with Crippen LogP contribution in [0.5, 0.6) is 0 Å². The molecule has 3 aromatic carbocycles. The van der Waals surface area contributed by atoms with Gasteiger partial charge in [0.25, 0.3) is 5.91 Å². The fourth-order valence-corrected chi connectivity index (χ4v) is 8.20. The maximum atomic E-state index is 14.7. The molecule has 2 atom stereocenters. The van der Waals surface area contributed by atoms with E-state index in [0.717, 1.165) is 54.7 Å². The molecular formula is C35H41F2N5O2S. The predicted molar refractivity (Wildman–Crippen MR) is 175 cm³/mol. The largest absolute Gasteiger partial charge is 0.370 e. The molecule has 2 aliphatic heterocycles. The van der Waals surface area contributed by atoms with Crippen LogP contribution in [0.25, 0.3) is 0 Å². The first-order valence-corrected chi connectivity index (χ1v) is 17.4. The summed E-state index contributed by atoms with van der Waals surface area (Å²) in [4.78, 5) is 20.0. The van der Waals surface area contributed by atoms with Crippen LogP contribution < -0.4 is 9.80 Å². The Morgan fingerprint density at radius 1 is 1.00 bits per heavy atom. The first-order valence-electron chi connectivity index (χ1n) is 15.4. The van der Waals surface area contributed by atoms with Gasteiger partial charge in [-0.3, -0.25) is 4.79 Å². The number of halogens is 2. The number of nitrogens with zero attached hydrogens (tertiary/aromatic N) is 4. The molecule has 0 unspecified atom stereocenters. The molecule has 0 aliphatic carbocycles. The molecule has 3 aromatic rings. The summed E-state index contributed by atoms with van der Waals surface area (Å²) in [5.41, 5.74) is 6.63. The number of hydrogen-bond donors (Lipinski definition) is 1. The van der Waals surface area contributed by atoms with E-state index in [2.05, 4.69) is 24.0 Å². The molecule has 0 saturated carbocycles. The highest BCUT2D eigenvalue weighted by Crippen LogP contribution is 2.34. The number of aryl methyl sites for hydroxylation is 2. The molecule has 0 spiro atoms. The number of benzene rings is 3. The van der Waals surface area contributed by atoms with Gasteiger partial charge in [0, 0.05) is 50.6 Å². The van der Waals surface area contributed by atoms with Crippen molar-refractivity contribution in [3.05, 3.63) is 87.5 Å². The van der Waals surface area contributed by atoms with E-state index in [9.17, 15) is 23.0 Å². The number of amides is 1. The van der Waals surface area contributed by atoms with E-state index in [1.54, 1.807) is 18.2 Å². The molecule has 1 amide bonds. The fourth-order valence-electron chi connectivity index (χ4n) is 7.16. The SMILES string of the molecule is Cc1cc(C)c(C(=O)N2CCN(c3cccc(F)c3[S@@](C)(=N)=O)C[C@@H]2C)c(C)c1CC1CCN(c2ccc(F)cc2C#N)CC1. The molecule has 0 aromatic heterocycles. The molecule has 45 heavy (non-hydrogen) atoms. The van der Waals surface area contributed by atoms with Crippen LogP contribution in [-0.2, 0) is 16.1 Å². The van der Waals surface area contributed by atoms with Crippen molar-refractivity contribution in [2.24, 2.45) is 5.92 Å². The third-order valence-corrected chi connectivity index (χ3v) is 10.6.